The van der Waals surface area contributed by atoms with Gasteiger partial charge in [-0.3, -0.25) is 4.79 Å². The van der Waals surface area contributed by atoms with Gasteiger partial charge in [0.25, 0.3) is 0 Å². The molecule has 1 aromatic carbocycles. The van der Waals surface area contributed by atoms with Crippen LogP contribution in [0, 0.1) is 5.41 Å². The van der Waals surface area contributed by atoms with Crippen molar-refractivity contribution in [3.8, 4) is 5.69 Å². The molecule has 2 aromatic rings. The molecule has 0 saturated carbocycles. The Kier molecular flexibility index (Phi) is 7.09. The van der Waals surface area contributed by atoms with Crippen molar-refractivity contribution in [3.63, 3.8) is 0 Å². The average molecular weight is 509 g/mol. The molecule has 156 valence electrons. The molecule has 0 bridgehead atoms. The van der Waals surface area contributed by atoms with Gasteiger partial charge in [-0.25, -0.2) is 14.7 Å². The third kappa shape index (κ3) is 5.06. The molecule has 29 heavy (non-hydrogen) atoms. The summed E-state index contributed by atoms with van der Waals surface area (Å²) in [6, 6.07) is 8.19. The van der Waals surface area contributed by atoms with Gasteiger partial charge in [0, 0.05) is 38.0 Å². The lowest BCUT2D eigenvalue weighted by Gasteiger charge is -2.40. The quantitative estimate of drug-likeness (QED) is 0.374. The second-order valence-corrected chi connectivity index (χ2v) is 7.66. The van der Waals surface area contributed by atoms with E-state index in [-0.39, 0.29) is 35.3 Å². The van der Waals surface area contributed by atoms with Gasteiger partial charge >= 0.3 is 0 Å². The van der Waals surface area contributed by atoms with Crippen LogP contribution in [-0.2, 0) is 11.3 Å². The molecule has 4 rings (SSSR count). The summed E-state index contributed by atoms with van der Waals surface area (Å²) in [5, 5.41) is 10.6. The number of aliphatic imine (C=N–C) groups is 1. The highest BCUT2D eigenvalue weighted by atomic mass is 127. The lowest BCUT2D eigenvalue weighted by Crippen LogP contribution is -2.51. The van der Waals surface area contributed by atoms with Crippen LogP contribution in [0.2, 0.25) is 0 Å². The summed E-state index contributed by atoms with van der Waals surface area (Å²) in [4.78, 5) is 22.9. The molecule has 9 heteroatoms. The maximum Gasteiger partial charge on any atom is 0.220 e. The first-order valence-corrected chi connectivity index (χ1v) is 9.91. The Morgan fingerprint density at radius 3 is 2.83 bits per heavy atom. The van der Waals surface area contributed by atoms with Crippen LogP contribution in [-0.4, -0.2) is 57.7 Å². The number of halogens is 1. The van der Waals surface area contributed by atoms with Crippen molar-refractivity contribution >= 4 is 35.8 Å². The van der Waals surface area contributed by atoms with Crippen LogP contribution in [0.3, 0.4) is 0 Å². The van der Waals surface area contributed by atoms with E-state index in [2.05, 4.69) is 44.7 Å². The first-order chi connectivity index (χ1) is 13.7. The number of rotatable bonds is 4. The molecule has 1 amide bonds. The van der Waals surface area contributed by atoms with Gasteiger partial charge in [-0.15, -0.1) is 24.0 Å². The summed E-state index contributed by atoms with van der Waals surface area (Å²) in [6.07, 6.45) is 6.04. The van der Waals surface area contributed by atoms with Crippen molar-refractivity contribution in [1.29, 1.82) is 0 Å². The van der Waals surface area contributed by atoms with E-state index in [1.807, 2.05) is 12.1 Å². The second-order valence-electron chi connectivity index (χ2n) is 7.66. The third-order valence-corrected chi connectivity index (χ3v) is 5.52. The van der Waals surface area contributed by atoms with Gasteiger partial charge in [0.15, 0.2) is 5.96 Å². The van der Waals surface area contributed by atoms with Gasteiger partial charge in [-0.2, -0.15) is 5.10 Å². The number of benzene rings is 1. The van der Waals surface area contributed by atoms with Gasteiger partial charge in [-0.05, 0) is 37.5 Å². The van der Waals surface area contributed by atoms with Crippen molar-refractivity contribution in [1.82, 2.24) is 30.3 Å². The first-order valence-electron chi connectivity index (χ1n) is 9.91. The van der Waals surface area contributed by atoms with Crippen LogP contribution >= 0.6 is 24.0 Å². The van der Waals surface area contributed by atoms with Crippen molar-refractivity contribution in [2.45, 2.75) is 32.7 Å². The van der Waals surface area contributed by atoms with Crippen molar-refractivity contribution in [2.24, 2.45) is 10.4 Å². The number of hydrogen-bond acceptors (Lipinski definition) is 4. The molecule has 0 radical (unpaired) electrons. The molecule has 2 aliphatic rings. The minimum atomic E-state index is 0. The van der Waals surface area contributed by atoms with E-state index in [1.54, 1.807) is 11.0 Å². The predicted octanol–water partition coefficient (Wildman–Crippen LogP) is 1.95. The average Bonchev–Trinajstić information content (AvgIpc) is 3.36. The predicted molar refractivity (Wildman–Crippen MR) is 122 cm³/mol. The highest BCUT2D eigenvalue weighted by molar-refractivity contribution is 14.0. The van der Waals surface area contributed by atoms with Crippen molar-refractivity contribution in [3.05, 3.63) is 42.5 Å². The molecule has 2 fully saturated rings. The Morgan fingerprint density at radius 2 is 2.17 bits per heavy atom. The Balaban J connectivity index is 0.00000240. The summed E-state index contributed by atoms with van der Waals surface area (Å²) in [7, 11) is 0. The van der Waals surface area contributed by atoms with Gasteiger partial charge in [0.1, 0.15) is 12.7 Å². The molecule has 1 spiro atoms. The number of likely N-dealkylation sites (tertiary alicyclic amines) is 1. The fraction of sp³-hybridized carbons (Fsp3) is 0.500. The standard InChI is InChI=1S/C20H27N7O.HI/c1-2-22-19(26-9-3-8-20(13-26)10-18(28)24-12-20)23-11-16-4-6-17(7-5-16)27-15-21-14-25-27;/h4-7,14-15H,2-3,8-13H2,1H3,(H,22,23)(H,24,28);1H. The van der Waals surface area contributed by atoms with E-state index >= 15 is 0 Å². The van der Waals surface area contributed by atoms with Crippen molar-refractivity contribution in [2.75, 3.05) is 26.2 Å². The van der Waals surface area contributed by atoms with E-state index in [0.29, 0.717) is 13.0 Å². The van der Waals surface area contributed by atoms with E-state index < -0.39 is 0 Å². The van der Waals surface area contributed by atoms with Gasteiger partial charge in [0.05, 0.1) is 12.2 Å². The van der Waals surface area contributed by atoms with Crippen LogP contribution in [0.15, 0.2) is 41.9 Å². The molecule has 3 heterocycles. The SMILES string of the molecule is CCNC(=NCc1ccc(-n2cncn2)cc1)N1CCCC2(CNC(=O)C2)C1.I. The van der Waals surface area contributed by atoms with Crippen LogP contribution in [0.4, 0.5) is 0 Å². The molecular weight excluding hydrogens is 481 g/mol. The van der Waals surface area contributed by atoms with Crippen LogP contribution in [0.25, 0.3) is 5.69 Å². The minimum Gasteiger partial charge on any atom is -0.357 e. The summed E-state index contributed by atoms with van der Waals surface area (Å²) in [5.41, 5.74) is 2.18. The van der Waals surface area contributed by atoms with Crippen molar-refractivity contribution < 1.29 is 4.79 Å². The summed E-state index contributed by atoms with van der Waals surface area (Å²) < 4.78 is 1.74. The fourth-order valence-electron chi connectivity index (χ4n) is 4.12. The Labute approximate surface area is 188 Å². The molecule has 2 aliphatic heterocycles. The lowest BCUT2D eigenvalue weighted by molar-refractivity contribution is -0.119. The Bertz CT molecular complexity index is 837. The highest BCUT2D eigenvalue weighted by Gasteiger charge is 2.42. The zero-order chi connectivity index (χ0) is 19.4. The zero-order valence-corrected chi connectivity index (χ0v) is 19.0. The number of nitrogens with zero attached hydrogens (tertiary/aromatic N) is 5. The smallest absolute Gasteiger partial charge is 0.220 e. The van der Waals surface area contributed by atoms with Gasteiger partial charge in [-0.1, -0.05) is 12.1 Å². The topological polar surface area (TPSA) is 87.4 Å². The van der Waals surface area contributed by atoms with E-state index in [4.69, 9.17) is 4.99 Å². The number of aromatic nitrogens is 3. The molecular formula is C20H28IN7O. The molecule has 1 aromatic heterocycles. The maximum absolute atomic E-state index is 11.8. The highest BCUT2D eigenvalue weighted by Crippen LogP contribution is 2.36. The monoisotopic (exact) mass is 509 g/mol. The first kappa shape index (κ1) is 21.5. The molecule has 2 saturated heterocycles. The van der Waals surface area contributed by atoms with Gasteiger partial charge in [0.2, 0.25) is 5.91 Å². The summed E-state index contributed by atoms with van der Waals surface area (Å²) in [5.74, 6) is 1.11. The number of amides is 1. The number of carbonyl (C=O) groups is 1. The molecule has 1 unspecified atom stereocenters. The largest absolute Gasteiger partial charge is 0.357 e. The Hall–Kier alpha value is -2.17. The number of carbonyl (C=O) groups excluding carboxylic acids is 1. The number of guanidine groups is 1. The van der Waals surface area contributed by atoms with E-state index in [0.717, 1.165) is 56.2 Å². The Morgan fingerprint density at radius 1 is 1.34 bits per heavy atom. The lowest BCUT2D eigenvalue weighted by atomic mass is 9.79. The summed E-state index contributed by atoms with van der Waals surface area (Å²) >= 11 is 0. The summed E-state index contributed by atoms with van der Waals surface area (Å²) in [6.45, 7) is 6.16. The van der Waals surface area contributed by atoms with Crippen LogP contribution < -0.4 is 10.6 Å². The second kappa shape index (κ2) is 9.55. The van der Waals surface area contributed by atoms with E-state index in [9.17, 15) is 4.79 Å². The molecule has 1 atom stereocenters. The fourth-order valence-corrected chi connectivity index (χ4v) is 4.12. The number of piperidine rings is 1. The van der Waals surface area contributed by atoms with Crippen LogP contribution in [0.5, 0.6) is 0 Å². The van der Waals surface area contributed by atoms with E-state index in [1.165, 1.54) is 6.33 Å². The molecule has 2 N–H and O–H groups in total. The zero-order valence-electron chi connectivity index (χ0n) is 16.7. The number of nitrogens with one attached hydrogen (secondary N) is 2. The normalized spacial score (nSPS) is 21.8. The molecule has 0 aliphatic carbocycles. The maximum atomic E-state index is 11.8. The van der Waals surface area contributed by atoms with Gasteiger partial charge < -0.3 is 15.5 Å². The number of hydrogen-bond donors (Lipinski definition) is 2. The molecule has 8 nitrogen and oxygen atoms in total. The third-order valence-electron chi connectivity index (χ3n) is 5.52. The van der Waals surface area contributed by atoms with Crippen LogP contribution in [0.1, 0.15) is 31.7 Å². The minimum absolute atomic E-state index is 0.